The second kappa shape index (κ2) is 7.20. The number of carbonyl (C=O) groups is 1. The molecule has 3 aromatic rings. The van der Waals surface area contributed by atoms with Crippen molar-refractivity contribution in [1.29, 1.82) is 0 Å². The summed E-state index contributed by atoms with van der Waals surface area (Å²) in [5.41, 5.74) is 1.68. The summed E-state index contributed by atoms with van der Waals surface area (Å²) >= 11 is 7.63. The van der Waals surface area contributed by atoms with Gasteiger partial charge in [-0.3, -0.25) is 4.79 Å². The molecule has 0 N–H and O–H groups in total. The van der Waals surface area contributed by atoms with Crippen molar-refractivity contribution < 1.29 is 9.21 Å². The van der Waals surface area contributed by atoms with E-state index in [9.17, 15) is 4.79 Å². The lowest BCUT2D eigenvalue weighted by atomic mass is 10.2. The standard InChI is InChI=1S/C18H17ClN2O2S/c1-12-7-8-16(23-12)18-20-14(11-24-18)9-17(22)21(2)10-13-5-3-4-6-15(13)19/h3-8,11H,9-10H2,1-2H3. The fourth-order valence-electron chi connectivity index (χ4n) is 2.31. The fourth-order valence-corrected chi connectivity index (χ4v) is 3.29. The Morgan fingerprint density at radius 2 is 2.08 bits per heavy atom. The zero-order chi connectivity index (χ0) is 17.1. The van der Waals surface area contributed by atoms with Gasteiger partial charge in [-0.25, -0.2) is 4.98 Å². The first kappa shape index (κ1) is 16.7. The maximum atomic E-state index is 12.4. The number of likely N-dealkylation sites (N-methyl/N-ethyl adjacent to an activating group) is 1. The number of nitrogens with zero attached hydrogens (tertiary/aromatic N) is 2. The maximum Gasteiger partial charge on any atom is 0.228 e. The quantitative estimate of drug-likeness (QED) is 0.669. The van der Waals surface area contributed by atoms with Crippen LogP contribution in [-0.2, 0) is 17.8 Å². The van der Waals surface area contributed by atoms with E-state index in [1.165, 1.54) is 11.3 Å². The van der Waals surface area contributed by atoms with Gasteiger partial charge in [-0.15, -0.1) is 11.3 Å². The first-order chi connectivity index (χ1) is 11.5. The zero-order valence-electron chi connectivity index (χ0n) is 13.5. The molecule has 0 saturated carbocycles. The van der Waals surface area contributed by atoms with Crippen LogP contribution in [0.2, 0.25) is 5.02 Å². The van der Waals surface area contributed by atoms with Crippen LogP contribution in [0.25, 0.3) is 10.8 Å². The van der Waals surface area contributed by atoms with Gasteiger partial charge < -0.3 is 9.32 Å². The molecule has 124 valence electrons. The first-order valence-corrected chi connectivity index (χ1v) is 8.77. The van der Waals surface area contributed by atoms with Crippen LogP contribution in [0.4, 0.5) is 0 Å². The van der Waals surface area contributed by atoms with E-state index in [2.05, 4.69) is 4.98 Å². The van der Waals surface area contributed by atoms with Crippen LogP contribution >= 0.6 is 22.9 Å². The number of thiazole rings is 1. The van der Waals surface area contributed by atoms with E-state index in [0.717, 1.165) is 27.8 Å². The highest BCUT2D eigenvalue weighted by Crippen LogP contribution is 2.26. The molecule has 0 aliphatic carbocycles. The minimum absolute atomic E-state index is 0.00222. The van der Waals surface area contributed by atoms with Crippen LogP contribution in [0.15, 0.2) is 46.2 Å². The Bertz CT molecular complexity index is 856. The molecule has 0 unspecified atom stereocenters. The lowest BCUT2D eigenvalue weighted by molar-refractivity contribution is -0.129. The molecule has 2 heterocycles. The third kappa shape index (κ3) is 3.86. The molecule has 0 fully saturated rings. The average Bonchev–Trinajstić information content (AvgIpc) is 3.18. The van der Waals surface area contributed by atoms with Crippen LogP contribution in [-0.4, -0.2) is 22.8 Å². The van der Waals surface area contributed by atoms with Crippen molar-refractivity contribution >= 4 is 28.8 Å². The largest absolute Gasteiger partial charge is 0.459 e. The molecule has 1 amide bonds. The van der Waals surface area contributed by atoms with Gasteiger partial charge in [-0.05, 0) is 30.7 Å². The summed E-state index contributed by atoms with van der Waals surface area (Å²) in [5, 5.41) is 3.36. The Labute approximate surface area is 149 Å². The number of halogens is 1. The van der Waals surface area contributed by atoms with Gasteiger partial charge in [0.05, 0.1) is 12.1 Å². The molecule has 4 nitrogen and oxygen atoms in total. The Morgan fingerprint density at radius 3 is 2.79 bits per heavy atom. The summed E-state index contributed by atoms with van der Waals surface area (Å²) in [7, 11) is 1.77. The maximum absolute atomic E-state index is 12.4. The van der Waals surface area contributed by atoms with Gasteiger partial charge in [0, 0.05) is 24.0 Å². The Kier molecular flexibility index (Phi) is 5.02. The topological polar surface area (TPSA) is 46.3 Å². The van der Waals surface area contributed by atoms with Crippen LogP contribution in [0.3, 0.4) is 0 Å². The third-order valence-electron chi connectivity index (χ3n) is 3.63. The van der Waals surface area contributed by atoms with E-state index in [4.69, 9.17) is 16.0 Å². The predicted molar refractivity (Wildman–Crippen MR) is 96.2 cm³/mol. The Hall–Kier alpha value is -2.11. The first-order valence-electron chi connectivity index (χ1n) is 7.51. The smallest absolute Gasteiger partial charge is 0.228 e. The van der Waals surface area contributed by atoms with Crippen molar-refractivity contribution in [3.05, 3.63) is 63.8 Å². The third-order valence-corrected chi connectivity index (χ3v) is 4.90. The number of benzene rings is 1. The molecule has 0 bridgehead atoms. The minimum Gasteiger partial charge on any atom is -0.459 e. The lowest BCUT2D eigenvalue weighted by Gasteiger charge is -2.17. The molecule has 0 aliphatic heterocycles. The molecular weight excluding hydrogens is 344 g/mol. The van der Waals surface area contributed by atoms with E-state index >= 15 is 0 Å². The Balaban J connectivity index is 1.64. The van der Waals surface area contributed by atoms with E-state index in [1.807, 2.05) is 48.7 Å². The highest BCUT2D eigenvalue weighted by atomic mass is 35.5. The van der Waals surface area contributed by atoms with Gasteiger partial charge >= 0.3 is 0 Å². The average molecular weight is 361 g/mol. The highest BCUT2D eigenvalue weighted by molar-refractivity contribution is 7.13. The number of rotatable bonds is 5. The van der Waals surface area contributed by atoms with Gasteiger partial charge in [-0.2, -0.15) is 0 Å². The summed E-state index contributed by atoms with van der Waals surface area (Å²) in [6, 6.07) is 11.3. The van der Waals surface area contributed by atoms with Crippen LogP contribution in [0.5, 0.6) is 0 Å². The Morgan fingerprint density at radius 1 is 1.29 bits per heavy atom. The second-order valence-electron chi connectivity index (χ2n) is 5.57. The summed E-state index contributed by atoms with van der Waals surface area (Å²) in [5.74, 6) is 1.58. The van der Waals surface area contributed by atoms with Crippen molar-refractivity contribution in [3.63, 3.8) is 0 Å². The second-order valence-corrected chi connectivity index (χ2v) is 6.84. The monoisotopic (exact) mass is 360 g/mol. The lowest BCUT2D eigenvalue weighted by Crippen LogP contribution is -2.27. The number of carbonyl (C=O) groups excluding carboxylic acids is 1. The van der Waals surface area contributed by atoms with Gasteiger partial charge in [-0.1, -0.05) is 29.8 Å². The summed E-state index contributed by atoms with van der Waals surface area (Å²) < 4.78 is 5.57. The molecular formula is C18H17ClN2O2S. The fraction of sp³-hybridized carbons (Fsp3) is 0.222. The molecule has 0 atom stereocenters. The van der Waals surface area contributed by atoms with Crippen molar-refractivity contribution in [3.8, 4) is 10.8 Å². The van der Waals surface area contributed by atoms with E-state index in [-0.39, 0.29) is 12.3 Å². The number of aromatic nitrogens is 1. The number of aryl methyl sites for hydroxylation is 1. The van der Waals surface area contributed by atoms with Crippen LogP contribution < -0.4 is 0 Å². The molecule has 0 aliphatic rings. The SMILES string of the molecule is Cc1ccc(-c2nc(CC(=O)N(C)Cc3ccccc3Cl)cs2)o1. The van der Waals surface area contributed by atoms with Gasteiger partial charge in [0.1, 0.15) is 5.76 Å². The molecule has 3 rings (SSSR count). The molecule has 0 spiro atoms. The van der Waals surface area contributed by atoms with Crippen LogP contribution in [0.1, 0.15) is 17.0 Å². The van der Waals surface area contributed by atoms with E-state index in [1.54, 1.807) is 11.9 Å². The highest BCUT2D eigenvalue weighted by Gasteiger charge is 2.15. The normalized spacial score (nSPS) is 10.8. The summed E-state index contributed by atoms with van der Waals surface area (Å²) in [4.78, 5) is 18.6. The van der Waals surface area contributed by atoms with Gasteiger partial charge in [0.15, 0.2) is 10.8 Å². The van der Waals surface area contributed by atoms with Crippen LogP contribution in [0, 0.1) is 6.92 Å². The molecule has 0 radical (unpaired) electrons. The van der Waals surface area contributed by atoms with Crippen molar-refractivity contribution in [1.82, 2.24) is 9.88 Å². The predicted octanol–water partition coefficient (Wildman–Crippen LogP) is 4.57. The van der Waals surface area contributed by atoms with Crippen molar-refractivity contribution in [2.75, 3.05) is 7.05 Å². The summed E-state index contributed by atoms with van der Waals surface area (Å²) in [6.45, 7) is 2.37. The van der Waals surface area contributed by atoms with Crippen molar-refractivity contribution in [2.45, 2.75) is 19.9 Å². The molecule has 24 heavy (non-hydrogen) atoms. The van der Waals surface area contributed by atoms with E-state index in [0.29, 0.717) is 11.6 Å². The summed E-state index contributed by atoms with van der Waals surface area (Å²) in [6.07, 6.45) is 0.261. The number of hydrogen-bond donors (Lipinski definition) is 0. The molecule has 1 aromatic carbocycles. The van der Waals surface area contributed by atoms with Crippen molar-refractivity contribution in [2.24, 2.45) is 0 Å². The number of furan rings is 1. The number of amides is 1. The van der Waals surface area contributed by atoms with Gasteiger partial charge in [0.2, 0.25) is 5.91 Å². The number of hydrogen-bond acceptors (Lipinski definition) is 4. The zero-order valence-corrected chi connectivity index (χ0v) is 15.0. The van der Waals surface area contributed by atoms with Gasteiger partial charge in [0.25, 0.3) is 0 Å². The molecule has 0 saturated heterocycles. The molecule has 6 heteroatoms. The van der Waals surface area contributed by atoms with E-state index < -0.39 is 0 Å². The molecule has 2 aromatic heterocycles. The minimum atomic E-state index is 0.00222.